The fourth-order valence-corrected chi connectivity index (χ4v) is 5.11. The zero-order chi connectivity index (χ0) is 21.8. The molecule has 2 nitrogen and oxygen atoms in total. The van der Waals surface area contributed by atoms with Crippen LogP contribution in [0.3, 0.4) is 0 Å². The van der Waals surface area contributed by atoms with E-state index in [-0.39, 0.29) is 11.9 Å². The molecule has 0 radical (unpaired) electrons. The molecule has 3 heteroatoms. The van der Waals surface area contributed by atoms with E-state index in [1.807, 2.05) is 43.3 Å². The summed E-state index contributed by atoms with van der Waals surface area (Å²) in [7, 11) is 0. The van der Waals surface area contributed by atoms with Gasteiger partial charge in [-0.2, -0.15) is 0 Å². The van der Waals surface area contributed by atoms with E-state index in [1.165, 1.54) is 5.56 Å². The lowest BCUT2D eigenvalue weighted by Gasteiger charge is -2.11. The SMILES string of the molecule is CCOC(=O)c1c(C(C)C)sc(-c2ccccc2)c1-c1ccc(-c2ccccc2)cc1. The van der Waals surface area contributed by atoms with Crippen LogP contribution in [0.1, 0.15) is 41.9 Å². The topological polar surface area (TPSA) is 26.3 Å². The first kappa shape index (κ1) is 21.1. The van der Waals surface area contributed by atoms with Crippen LogP contribution in [0.25, 0.3) is 32.7 Å². The minimum Gasteiger partial charge on any atom is -0.462 e. The normalized spacial score (nSPS) is 11.0. The largest absolute Gasteiger partial charge is 0.462 e. The lowest BCUT2D eigenvalue weighted by Crippen LogP contribution is -2.08. The van der Waals surface area contributed by atoms with Gasteiger partial charge in [0.1, 0.15) is 0 Å². The smallest absolute Gasteiger partial charge is 0.339 e. The monoisotopic (exact) mass is 426 g/mol. The molecule has 1 heterocycles. The number of thiophene rings is 1. The van der Waals surface area contributed by atoms with E-state index in [0.29, 0.717) is 12.2 Å². The highest BCUT2D eigenvalue weighted by atomic mass is 32.1. The predicted molar refractivity (Wildman–Crippen MR) is 131 cm³/mol. The third-order valence-electron chi connectivity index (χ3n) is 5.26. The van der Waals surface area contributed by atoms with E-state index in [4.69, 9.17) is 4.74 Å². The Balaban J connectivity index is 1.91. The van der Waals surface area contributed by atoms with Gasteiger partial charge in [-0.05, 0) is 35.1 Å². The number of carbonyl (C=O) groups excluding carboxylic acids is 1. The second kappa shape index (κ2) is 9.32. The Morgan fingerprint density at radius 1 is 0.774 bits per heavy atom. The van der Waals surface area contributed by atoms with E-state index in [9.17, 15) is 4.79 Å². The zero-order valence-electron chi connectivity index (χ0n) is 18.1. The molecule has 0 amide bonds. The molecule has 0 unspecified atom stereocenters. The molecule has 0 atom stereocenters. The molecule has 0 fully saturated rings. The molecule has 1 aromatic heterocycles. The van der Waals surface area contributed by atoms with Crippen LogP contribution >= 0.6 is 11.3 Å². The van der Waals surface area contributed by atoms with E-state index < -0.39 is 0 Å². The summed E-state index contributed by atoms with van der Waals surface area (Å²) < 4.78 is 5.49. The van der Waals surface area contributed by atoms with Crippen molar-refractivity contribution >= 4 is 17.3 Å². The number of ether oxygens (including phenoxy) is 1. The van der Waals surface area contributed by atoms with E-state index in [0.717, 1.165) is 32.0 Å². The molecule has 0 aliphatic carbocycles. The lowest BCUT2D eigenvalue weighted by atomic mass is 9.93. The summed E-state index contributed by atoms with van der Waals surface area (Å²) in [6.45, 7) is 6.47. The number of hydrogen-bond acceptors (Lipinski definition) is 3. The summed E-state index contributed by atoms with van der Waals surface area (Å²) in [5, 5.41) is 0. The van der Waals surface area contributed by atoms with Crippen molar-refractivity contribution in [2.24, 2.45) is 0 Å². The quantitative estimate of drug-likeness (QED) is 0.292. The molecule has 31 heavy (non-hydrogen) atoms. The second-order valence-electron chi connectivity index (χ2n) is 7.73. The van der Waals surface area contributed by atoms with Crippen LogP contribution < -0.4 is 0 Å². The maximum absolute atomic E-state index is 13.1. The van der Waals surface area contributed by atoms with Crippen LogP contribution in [-0.2, 0) is 4.74 Å². The number of carbonyl (C=O) groups is 1. The lowest BCUT2D eigenvalue weighted by molar-refractivity contribution is 0.0526. The molecule has 0 aliphatic rings. The van der Waals surface area contributed by atoms with Crippen molar-refractivity contribution in [3.05, 3.63) is 95.4 Å². The van der Waals surface area contributed by atoms with Gasteiger partial charge in [-0.25, -0.2) is 4.79 Å². The van der Waals surface area contributed by atoms with E-state index in [1.54, 1.807) is 11.3 Å². The van der Waals surface area contributed by atoms with Gasteiger partial charge in [0.15, 0.2) is 0 Å². The van der Waals surface area contributed by atoms with E-state index in [2.05, 4.69) is 62.4 Å². The maximum atomic E-state index is 13.1. The summed E-state index contributed by atoms with van der Waals surface area (Å²) in [5.41, 5.74) is 6.15. The molecule has 0 spiro atoms. The minimum absolute atomic E-state index is 0.226. The Bertz CT molecular complexity index is 1160. The predicted octanol–water partition coefficient (Wildman–Crippen LogP) is 8.05. The second-order valence-corrected chi connectivity index (χ2v) is 8.78. The zero-order valence-corrected chi connectivity index (χ0v) is 18.9. The van der Waals surface area contributed by atoms with Crippen molar-refractivity contribution in [2.45, 2.75) is 26.7 Å². The van der Waals surface area contributed by atoms with Gasteiger partial charge < -0.3 is 4.74 Å². The van der Waals surface area contributed by atoms with Gasteiger partial charge >= 0.3 is 5.97 Å². The van der Waals surface area contributed by atoms with Crippen molar-refractivity contribution in [1.82, 2.24) is 0 Å². The highest BCUT2D eigenvalue weighted by Crippen LogP contribution is 2.46. The fraction of sp³-hybridized carbons (Fsp3) is 0.179. The highest BCUT2D eigenvalue weighted by molar-refractivity contribution is 7.16. The third kappa shape index (κ3) is 4.33. The van der Waals surface area contributed by atoms with Crippen molar-refractivity contribution in [1.29, 1.82) is 0 Å². The Morgan fingerprint density at radius 3 is 1.84 bits per heavy atom. The van der Waals surface area contributed by atoms with Gasteiger partial charge in [-0.15, -0.1) is 11.3 Å². The van der Waals surface area contributed by atoms with Crippen LogP contribution in [0.15, 0.2) is 84.9 Å². The molecular formula is C28H26O2S. The summed E-state index contributed by atoms with van der Waals surface area (Å²) in [6, 6.07) is 29.1. The van der Waals surface area contributed by atoms with Gasteiger partial charge in [0.2, 0.25) is 0 Å². The van der Waals surface area contributed by atoms with Crippen molar-refractivity contribution in [3.8, 4) is 32.7 Å². The molecule has 0 bridgehead atoms. The van der Waals surface area contributed by atoms with Crippen LogP contribution in [0.2, 0.25) is 0 Å². The standard InChI is InChI=1S/C28H26O2S/c1-4-30-28(29)25-24(22-17-15-21(16-18-22)20-11-7-5-8-12-20)27(31-26(25)19(2)3)23-13-9-6-10-14-23/h5-19H,4H2,1-3H3. The molecule has 156 valence electrons. The number of hydrogen-bond donors (Lipinski definition) is 0. The van der Waals surface area contributed by atoms with Crippen molar-refractivity contribution in [3.63, 3.8) is 0 Å². The number of esters is 1. The molecule has 4 rings (SSSR count). The minimum atomic E-state index is -0.244. The van der Waals surface area contributed by atoms with Crippen LogP contribution in [0.5, 0.6) is 0 Å². The Morgan fingerprint density at radius 2 is 1.29 bits per heavy atom. The average molecular weight is 427 g/mol. The molecule has 3 aromatic carbocycles. The van der Waals surface area contributed by atoms with E-state index >= 15 is 0 Å². The van der Waals surface area contributed by atoms with Crippen LogP contribution in [0, 0.1) is 0 Å². The maximum Gasteiger partial charge on any atom is 0.339 e. The highest BCUT2D eigenvalue weighted by Gasteiger charge is 2.27. The Kier molecular flexibility index (Phi) is 6.34. The summed E-state index contributed by atoms with van der Waals surface area (Å²) in [4.78, 5) is 15.3. The molecule has 0 N–H and O–H groups in total. The van der Waals surface area contributed by atoms with Gasteiger partial charge in [-0.3, -0.25) is 0 Å². The molecule has 4 aromatic rings. The van der Waals surface area contributed by atoms with Crippen molar-refractivity contribution in [2.75, 3.05) is 6.61 Å². The van der Waals surface area contributed by atoms with Crippen molar-refractivity contribution < 1.29 is 9.53 Å². The number of rotatable bonds is 6. The summed E-state index contributed by atoms with van der Waals surface area (Å²) >= 11 is 1.70. The molecule has 0 saturated carbocycles. The third-order valence-corrected chi connectivity index (χ3v) is 6.80. The first-order valence-corrected chi connectivity index (χ1v) is 11.5. The molecule has 0 aliphatic heterocycles. The molecular weight excluding hydrogens is 400 g/mol. The van der Waals surface area contributed by atoms with Crippen LogP contribution in [-0.4, -0.2) is 12.6 Å². The van der Waals surface area contributed by atoms with Gasteiger partial charge in [-0.1, -0.05) is 98.8 Å². The fourth-order valence-electron chi connectivity index (χ4n) is 3.79. The first-order valence-electron chi connectivity index (χ1n) is 10.6. The Hall–Kier alpha value is -3.17. The van der Waals surface area contributed by atoms with Gasteiger partial charge in [0.05, 0.1) is 12.2 Å². The average Bonchev–Trinajstić information content (AvgIpc) is 3.22. The number of benzene rings is 3. The van der Waals surface area contributed by atoms with Gasteiger partial charge in [0.25, 0.3) is 0 Å². The summed E-state index contributed by atoms with van der Waals surface area (Å²) in [5.74, 6) is -0.0176. The van der Waals surface area contributed by atoms with Gasteiger partial charge in [0, 0.05) is 15.3 Å². The Labute approximate surface area is 188 Å². The summed E-state index contributed by atoms with van der Waals surface area (Å²) in [6.07, 6.45) is 0. The molecule has 0 saturated heterocycles. The van der Waals surface area contributed by atoms with Crippen LogP contribution in [0.4, 0.5) is 0 Å². The first-order chi connectivity index (χ1) is 15.1.